The molecule has 0 aliphatic rings. The maximum absolute atomic E-state index is 11.5. The van der Waals surface area contributed by atoms with E-state index in [1.54, 1.807) is 19.1 Å². The lowest BCUT2D eigenvalue weighted by Crippen LogP contribution is -2.08. The number of carbonyl (C=O) groups is 1. The minimum Gasteiger partial charge on any atom is -0.506 e. The van der Waals surface area contributed by atoms with Crippen molar-refractivity contribution in [1.29, 1.82) is 0 Å². The average molecular weight is 217 g/mol. The molecule has 0 radical (unpaired) electrons. The lowest BCUT2D eigenvalue weighted by molar-refractivity contribution is 0.100. The van der Waals surface area contributed by atoms with Gasteiger partial charge in [-0.3, -0.25) is 4.79 Å². The first-order valence-corrected chi connectivity index (χ1v) is 5.36. The number of phenolic OH excluding ortho intramolecular Hbond substituents is 1. The lowest BCUT2D eigenvalue weighted by Gasteiger charge is -2.13. The SMILES string of the molecule is CC(=O)c1cc2cccc(O)c2n1C(C)C. The highest BCUT2D eigenvalue weighted by Gasteiger charge is 2.16. The van der Waals surface area contributed by atoms with E-state index >= 15 is 0 Å². The van der Waals surface area contributed by atoms with Crippen molar-refractivity contribution in [1.82, 2.24) is 4.57 Å². The molecular formula is C13H15NO2. The molecule has 0 aliphatic heterocycles. The quantitative estimate of drug-likeness (QED) is 0.785. The predicted octanol–water partition coefficient (Wildman–Crippen LogP) is 3.13. The van der Waals surface area contributed by atoms with Crippen LogP contribution in [0.2, 0.25) is 0 Å². The first kappa shape index (κ1) is 10.7. The van der Waals surface area contributed by atoms with Crippen LogP contribution in [0.3, 0.4) is 0 Å². The van der Waals surface area contributed by atoms with Gasteiger partial charge in [0.2, 0.25) is 0 Å². The molecule has 0 atom stereocenters. The molecule has 1 aromatic heterocycles. The van der Waals surface area contributed by atoms with Crippen LogP contribution in [0.15, 0.2) is 24.3 Å². The van der Waals surface area contributed by atoms with Gasteiger partial charge in [-0.1, -0.05) is 12.1 Å². The molecular weight excluding hydrogens is 202 g/mol. The van der Waals surface area contributed by atoms with Gasteiger partial charge < -0.3 is 9.67 Å². The predicted molar refractivity (Wildman–Crippen MR) is 64.0 cm³/mol. The van der Waals surface area contributed by atoms with Gasteiger partial charge in [-0.05, 0) is 26.0 Å². The molecule has 0 saturated heterocycles. The van der Waals surface area contributed by atoms with Crippen LogP contribution in [-0.2, 0) is 0 Å². The van der Waals surface area contributed by atoms with Gasteiger partial charge >= 0.3 is 0 Å². The number of phenols is 1. The topological polar surface area (TPSA) is 42.2 Å². The molecule has 16 heavy (non-hydrogen) atoms. The van der Waals surface area contributed by atoms with Crippen molar-refractivity contribution < 1.29 is 9.90 Å². The summed E-state index contributed by atoms with van der Waals surface area (Å²) < 4.78 is 1.88. The maximum Gasteiger partial charge on any atom is 0.176 e. The molecule has 2 rings (SSSR count). The summed E-state index contributed by atoms with van der Waals surface area (Å²) in [7, 11) is 0. The third-order valence-corrected chi connectivity index (χ3v) is 2.72. The molecule has 1 aromatic carbocycles. The van der Waals surface area contributed by atoms with E-state index in [9.17, 15) is 9.90 Å². The number of hydrogen-bond donors (Lipinski definition) is 1. The van der Waals surface area contributed by atoms with E-state index < -0.39 is 0 Å². The van der Waals surface area contributed by atoms with Gasteiger partial charge in [-0.2, -0.15) is 0 Å². The highest BCUT2D eigenvalue weighted by atomic mass is 16.3. The molecule has 0 unspecified atom stereocenters. The number of para-hydroxylation sites is 1. The van der Waals surface area contributed by atoms with Crippen LogP contribution in [0.5, 0.6) is 5.75 Å². The summed E-state index contributed by atoms with van der Waals surface area (Å²) in [6.45, 7) is 5.54. The zero-order chi connectivity index (χ0) is 11.9. The second-order valence-corrected chi connectivity index (χ2v) is 4.26. The Bertz CT molecular complexity index is 552. The largest absolute Gasteiger partial charge is 0.506 e. The number of aromatic hydroxyl groups is 1. The monoisotopic (exact) mass is 217 g/mol. The van der Waals surface area contributed by atoms with Crippen LogP contribution in [0, 0.1) is 0 Å². The van der Waals surface area contributed by atoms with E-state index in [0.29, 0.717) is 5.69 Å². The van der Waals surface area contributed by atoms with Crippen LogP contribution in [0.1, 0.15) is 37.3 Å². The zero-order valence-corrected chi connectivity index (χ0v) is 9.69. The van der Waals surface area contributed by atoms with Crippen LogP contribution in [0.4, 0.5) is 0 Å². The number of fused-ring (bicyclic) bond motifs is 1. The Morgan fingerprint density at radius 2 is 2.06 bits per heavy atom. The number of hydrogen-bond acceptors (Lipinski definition) is 2. The van der Waals surface area contributed by atoms with Gasteiger partial charge in [0.05, 0.1) is 11.2 Å². The Labute approximate surface area is 94.3 Å². The molecule has 1 heterocycles. The fraction of sp³-hybridized carbons (Fsp3) is 0.308. The third kappa shape index (κ3) is 1.48. The van der Waals surface area contributed by atoms with E-state index in [0.717, 1.165) is 10.9 Å². The minimum atomic E-state index is 0.0179. The Balaban J connectivity index is 2.88. The van der Waals surface area contributed by atoms with Crippen molar-refractivity contribution in [3.8, 4) is 5.75 Å². The van der Waals surface area contributed by atoms with E-state index in [2.05, 4.69) is 0 Å². The zero-order valence-electron chi connectivity index (χ0n) is 9.69. The Kier molecular flexibility index (Phi) is 2.46. The Hall–Kier alpha value is -1.77. The molecule has 0 saturated carbocycles. The normalized spacial score (nSPS) is 11.2. The number of rotatable bonds is 2. The molecule has 1 N–H and O–H groups in total. The maximum atomic E-state index is 11.5. The molecule has 3 nitrogen and oxygen atoms in total. The lowest BCUT2D eigenvalue weighted by atomic mass is 10.2. The molecule has 0 amide bonds. The van der Waals surface area contributed by atoms with Crippen molar-refractivity contribution in [3.63, 3.8) is 0 Å². The number of ketones is 1. The van der Waals surface area contributed by atoms with Gasteiger partial charge in [-0.25, -0.2) is 0 Å². The number of Topliss-reactive ketones (excluding diaryl/α,β-unsaturated/α-hetero) is 1. The average Bonchev–Trinajstić information content (AvgIpc) is 2.58. The smallest absolute Gasteiger partial charge is 0.176 e. The summed E-state index contributed by atoms with van der Waals surface area (Å²) in [4.78, 5) is 11.5. The van der Waals surface area contributed by atoms with Gasteiger partial charge in [0, 0.05) is 18.4 Å². The van der Waals surface area contributed by atoms with Gasteiger partial charge in [0.1, 0.15) is 5.75 Å². The van der Waals surface area contributed by atoms with Crippen LogP contribution >= 0.6 is 0 Å². The fourth-order valence-corrected chi connectivity index (χ4v) is 2.07. The van der Waals surface area contributed by atoms with Crippen LogP contribution < -0.4 is 0 Å². The summed E-state index contributed by atoms with van der Waals surface area (Å²) >= 11 is 0. The van der Waals surface area contributed by atoms with Crippen LogP contribution in [0.25, 0.3) is 10.9 Å². The van der Waals surface area contributed by atoms with E-state index in [1.807, 2.05) is 30.5 Å². The van der Waals surface area contributed by atoms with Crippen molar-refractivity contribution in [2.24, 2.45) is 0 Å². The van der Waals surface area contributed by atoms with Gasteiger partial charge in [0.15, 0.2) is 5.78 Å². The summed E-state index contributed by atoms with van der Waals surface area (Å²) in [5.74, 6) is 0.239. The van der Waals surface area contributed by atoms with E-state index in [4.69, 9.17) is 0 Å². The number of nitrogens with zero attached hydrogens (tertiary/aromatic N) is 1. The van der Waals surface area contributed by atoms with E-state index in [1.165, 1.54) is 0 Å². The number of aromatic nitrogens is 1. The standard InChI is InChI=1S/C13H15NO2/c1-8(2)14-11(9(3)15)7-10-5-4-6-12(16)13(10)14/h4-8,16H,1-3H3. The van der Waals surface area contributed by atoms with E-state index in [-0.39, 0.29) is 17.6 Å². The van der Waals surface area contributed by atoms with Crippen molar-refractivity contribution in [2.75, 3.05) is 0 Å². The number of carbonyl (C=O) groups excluding carboxylic acids is 1. The second-order valence-electron chi connectivity index (χ2n) is 4.26. The molecule has 0 aliphatic carbocycles. The molecule has 0 bridgehead atoms. The van der Waals surface area contributed by atoms with Gasteiger partial charge in [0.25, 0.3) is 0 Å². The molecule has 0 spiro atoms. The Morgan fingerprint density at radius 3 is 2.62 bits per heavy atom. The van der Waals surface area contributed by atoms with Gasteiger partial charge in [-0.15, -0.1) is 0 Å². The summed E-state index contributed by atoms with van der Waals surface area (Å²) in [5.41, 5.74) is 1.38. The van der Waals surface area contributed by atoms with Crippen molar-refractivity contribution in [3.05, 3.63) is 30.0 Å². The first-order chi connectivity index (χ1) is 7.52. The van der Waals surface area contributed by atoms with Crippen molar-refractivity contribution in [2.45, 2.75) is 26.8 Å². The molecule has 0 fully saturated rings. The van der Waals surface area contributed by atoms with Crippen LogP contribution in [-0.4, -0.2) is 15.5 Å². The Morgan fingerprint density at radius 1 is 1.38 bits per heavy atom. The fourth-order valence-electron chi connectivity index (χ4n) is 2.07. The molecule has 2 aromatic rings. The minimum absolute atomic E-state index is 0.0179. The highest BCUT2D eigenvalue weighted by molar-refractivity contribution is 6.00. The van der Waals surface area contributed by atoms with Crippen molar-refractivity contribution >= 4 is 16.7 Å². The summed E-state index contributed by atoms with van der Waals surface area (Å²) in [6.07, 6.45) is 0. The second kappa shape index (κ2) is 3.67. The summed E-state index contributed by atoms with van der Waals surface area (Å²) in [6, 6.07) is 7.31. The first-order valence-electron chi connectivity index (χ1n) is 5.36. The highest BCUT2D eigenvalue weighted by Crippen LogP contribution is 2.30. The summed E-state index contributed by atoms with van der Waals surface area (Å²) in [5, 5.41) is 10.8. The molecule has 3 heteroatoms. The number of benzene rings is 1. The molecule has 84 valence electrons. The third-order valence-electron chi connectivity index (χ3n) is 2.72.